The average Bonchev–Trinajstić information content (AvgIpc) is 2.19. The number of aliphatic hydroxyl groups excluding tert-OH is 1. The van der Waals surface area contributed by atoms with Crippen molar-refractivity contribution >= 4 is 0 Å². The van der Waals surface area contributed by atoms with E-state index >= 15 is 0 Å². The second-order valence-electron chi connectivity index (χ2n) is 4.01. The van der Waals surface area contributed by atoms with E-state index < -0.39 is 6.10 Å². The van der Waals surface area contributed by atoms with Gasteiger partial charge >= 0.3 is 0 Å². The summed E-state index contributed by atoms with van der Waals surface area (Å²) in [6.45, 7) is 2.88. The van der Waals surface area contributed by atoms with Gasteiger partial charge in [-0.05, 0) is 39.2 Å². The molecule has 0 amide bonds. The van der Waals surface area contributed by atoms with Crippen molar-refractivity contribution in [3.8, 4) is 5.75 Å². The molecule has 1 atom stereocenters. The van der Waals surface area contributed by atoms with E-state index in [0.29, 0.717) is 17.9 Å². The lowest BCUT2D eigenvalue weighted by Crippen LogP contribution is -2.19. The van der Waals surface area contributed by atoms with Gasteiger partial charge in [0, 0.05) is 12.1 Å². The Labute approximate surface area is 95.5 Å². The van der Waals surface area contributed by atoms with E-state index in [1.165, 1.54) is 12.1 Å². The third-order valence-electron chi connectivity index (χ3n) is 2.22. The minimum atomic E-state index is -0.731. The lowest BCUT2D eigenvalue weighted by molar-refractivity contribution is 0.188. The summed E-state index contributed by atoms with van der Waals surface area (Å²) < 4.78 is 18.5. The van der Waals surface area contributed by atoms with Crippen molar-refractivity contribution in [3.63, 3.8) is 0 Å². The number of halogens is 1. The first-order valence-electron chi connectivity index (χ1n) is 5.25. The molecule has 0 unspecified atom stereocenters. The molecule has 0 saturated heterocycles. The van der Waals surface area contributed by atoms with E-state index in [0.717, 1.165) is 6.54 Å². The summed E-state index contributed by atoms with van der Waals surface area (Å²) in [5, 5.41) is 9.48. The Morgan fingerprint density at radius 2 is 2.12 bits per heavy atom. The van der Waals surface area contributed by atoms with Crippen LogP contribution in [0.3, 0.4) is 0 Å². The highest BCUT2D eigenvalue weighted by Gasteiger charge is 2.10. The highest BCUT2D eigenvalue weighted by Crippen LogP contribution is 2.25. The summed E-state index contributed by atoms with van der Waals surface area (Å²) in [6.07, 6.45) is -0.731. The molecule has 1 N–H and O–H groups in total. The van der Waals surface area contributed by atoms with Crippen LogP contribution in [0.15, 0.2) is 18.2 Å². The van der Waals surface area contributed by atoms with Crippen LogP contribution in [0.4, 0.5) is 4.39 Å². The van der Waals surface area contributed by atoms with Gasteiger partial charge in [0.2, 0.25) is 0 Å². The predicted octanol–water partition coefficient (Wildman–Crippen LogP) is 1.82. The monoisotopic (exact) mass is 227 g/mol. The van der Waals surface area contributed by atoms with E-state index in [2.05, 4.69) is 0 Å². The van der Waals surface area contributed by atoms with Crippen LogP contribution in [-0.4, -0.2) is 37.3 Å². The van der Waals surface area contributed by atoms with Gasteiger partial charge in [0.25, 0.3) is 0 Å². The van der Waals surface area contributed by atoms with Crippen LogP contribution >= 0.6 is 0 Å². The molecule has 4 heteroatoms. The smallest absolute Gasteiger partial charge is 0.125 e. The number of aliphatic hydroxyl groups is 1. The summed E-state index contributed by atoms with van der Waals surface area (Å²) >= 11 is 0. The molecule has 0 heterocycles. The first-order chi connectivity index (χ1) is 7.50. The lowest BCUT2D eigenvalue weighted by Gasteiger charge is -2.15. The Bertz CT molecular complexity index is 340. The van der Waals surface area contributed by atoms with Crippen molar-refractivity contribution < 1.29 is 14.2 Å². The molecule has 0 aliphatic carbocycles. The van der Waals surface area contributed by atoms with Crippen molar-refractivity contribution in [1.82, 2.24) is 4.90 Å². The van der Waals surface area contributed by atoms with Crippen molar-refractivity contribution in [1.29, 1.82) is 0 Å². The largest absolute Gasteiger partial charge is 0.492 e. The summed E-state index contributed by atoms with van der Waals surface area (Å²) in [7, 11) is 3.90. The molecule has 0 aliphatic heterocycles. The maximum absolute atomic E-state index is 13.0. The van der Waals surface area contributed by atoms with Crippen LogP contribution < -0.4 is 4.74 Å². The fourth-order valence-electron chi connectivity index (χ4n) is 1.32. The third-order valence-corrected chi connectivity index (χ3v) is 2.22. The maximum Gasteiger partial charge on any atom is 0.125 e. The van der Waals surface area contributed by atoms with Gasteiger partial charge < -0.3 is 14.7 Å². The van der Waals surface area contributed by atoms with E-state index in [4.69, 9.17) is 4.74 Å². The van der Waals surface area contributed by atoms with Crippen LogP contribution in [0.25, 0.3) is 0 Å². The lowest BCUT2D eigenvalue weighted by atomic mass is 10.1. The van der Waals surface area contributed by atoms with Crippen LogP contribution in [0.1, 0.15) is 18.6 Å². The molecule has 90 valence electrons. The van der Waals surface area contributed by atoms with Crippen molar-refractivity contribution in [2.75, 3.05) is 27.2 Å². The first-order valence-corrected chi connectivity index (χ1v) is 5.25. The van der Waals surface area contributed by atoms with E-state index in [1.54, 1.807) is 13.0 Å². The minimum absolute atomic E-state index is 0.365. The molecule has 1 aromatic rings. The number of hydrogen-bond acceptors (Lipinski definition) is 3. The molecule has 0 spiro atoms. The number of benzene rings is 1. The van der Waals surface area contributed by atoms with Crippen molar-refractivity contribution in [3.05, 3.63) is 29.6 Å². The number of hydrogen-bond donors (Lipinski definition) is 1. The predicted molar refractivity (Wildman–Crippen MR) is 61.1 cm³/mol. The molecule has 0 bridgehead atoms. The third kappa shape index (κ3) is 3.79. The fraction of sp³-hybridized carbons (Fsp3) is 0.500. The zero-order valence-electron chi connectivity index (χ0n) is 9.90. The Kier molecular flexibility index (Phi) is 4.71. The van der Waals surface area contributed by atoms with Crippen molar-refractivity contribution in [2.45, 2.75) is 13.0 Å². The van der Waals surface area contributed by atoms with Crippen LogP contribution in [0.2, 0.25) is 0 Å². The van der Waals surface area contributed by atoms with E-state index in [-0.39, 0.29) is 5.82 Å². The van der Waals surface area contributed by atoms with Crippen LogP contribution in [0.5, 0.6) is 5.75 Å². The summed E-state index contributed by atoms with van der Waals surface area (Å²) in [5.41, 5.74) is 0.485. The Morgan fingerprint density at radius 3 is 2.69 bits per heavy atom. The number of rotatable bonds is 5. The van der Waals surface area contributed by atoms with E-state index in [1.807, 2.05) is 19.0 Å². The Morgan fingerprint density at radius 1 is 1.44 bits per heavy atom. The molecule has 0 saturated carbocycles. The van der Waals surface area contributed by atoms with Gasteiger partial charge in [0.05, 0.1) is 6.10 Å². The topological polar surface area (TPSA) is 32.7 Å². The number of nitrogens with zero attached hydrogens (tertiary/aromatic N) is 1. The Hall–Kier alpha value is -1.13. The fourth-order valence-corrected chi connectivity index (χ4v) is 1.32. The molecule has 3 nitrogen and oxygen atoms in total. The summed E-state index contributed by atoms with van der Waals surface area (Å²) in [4.78, 5) is 1.99. The molecule has 0 fully saturated rings. The van der Waals surface area contributed by atoms with Gasteiger partial charge in [0.15, 0.2) is 0 Å². The molecular formula is C12H18FNO2. The molecule has 1 rings (SSSR count). The summed E-state index contributed by atoms with van der Waals surface area (Å²) in [5.74, 6) is 0.175. The standard InChI is InChI=1S/C12H18FNO2/c1-9(15)11-8-10(13)4-5-12(11)16-7-6-14(2)3/h4-5,8-9,15H,6-7H2,1-3H3/t9-/m0/s1. The molecule has 1 aromatic carbocycles. The van der Waals surface area contributed by atoms with Gasteiger partial charge in [-0.15, -0.1) is 0 Å². The van der Waals surface area contributed by atoms with Crippen molar-refractivity contribution in [2.24, 2.45) is 0 Å². The number of likely N-dealkylation sites (N-methyl/N-ethyl adjacent to an activating group) is 1. The van der Waals surface area contributed by atoms with E-state index in [9.17, 15) is 9.50 Å². The summed E-state index contributed by atoms with van der Waals surface area (Å²) in [6, 6.07) is 4.18. The highest BCUT2D eigenvalue weighted by atomic mass is 19.1. The first kappa shape index (κ1) is 12.9. The minimum Gasteiger partial charge on any atom is -0.492 e. The molecule has 16 heavy (non-hydrogen) atoms. The second-order valence-corrected chi connectivity index (χ2v) is 4.01. The maximum atomic E-state index is 13.0. The average molecular weight is 227 g/mol. The normalized spacial score (nSPS) is 12.9. The molecule has 0 radical (unpaired) electrons. The second kappa shape index (κ2) is 5.82. The Balaban J connectivity index is 2.71. The number of ether oxygens (including phenoxy) is 1. The molecular weight excluding hydrogens is 209 g/mol. The van der Waals surface area contributed by atoms with Crippen LogP contribution in [-0.2, 0) is 0 Å². The quantitative estimate of drug-likeness (QED) is 0.832. The zero-order valence-corrected chi connectivity index (χ0v) is 9.90. The van der Waals surface area contributed by atoms with Gasteiger partial charge in [0.1, 0.15) is 18.2 Å². The van der Waals surface area contributed by atoms with Gasteiger partial charge in [-0.1, -0.05) is 0 Å². The van der Waals surface area contributed by atoms with Gasteiger partial charge in [-0.25, -0.2) is 4.39 Å². The SMILES string of the molecule is C[C@H](O)c1cc(F)ccc1OCCN(C)C. The highest BCUT2D eigenvalue weighted by molar-refractivity contribution is 5.35. The van der Waals surface area contributed by atoms with Gasteiger partial charge in [-0.3, -0.25) is 0 Å². The zero-order chi connectivity index (χ0) is 12.1. The molecule has 0 aromatic heterocycles. The van der Waals surface area contributed by atoms with Gasteiger partial charge in [-0.2, -0.15) is 0 Å². The van der Waals surface area contributed by atoms with Crippen LogP contribution in [0, 0.1) is 5.82 Å². The molecule has 0 aliphatic rings.